The van der Waals surface area contributed by atoms with Gasteiger partial charge >= 0.3 is 0 Å². The molecule has 0 radical (unpaired) electrons. The van der Waals surface area contributed by atoms with Crippen molar-refractivity contribution in [1.29, 1.82) is 0 Å². The number of rotatable bonds is 2. The maximum Gasteiger partial charge on any atom is 0.235 e. The molecule has 0 unspecified atom stereocenters. The standard InChI is InChI=1S/C53H31N3S/c1-2-15-34-29-35(26-25-32(34)13-1)50-40-19-7-11-23-46(40)54-52(55-50)56-47-31-49-45(30-41(47)39-28-27-33-14-3-4-16-36(33)51(39)56)53(44-22-10-12-24-48(44)57-49)42-20-8-5-17-37(42)38-18-6-9-21-43(38)53/h1-31H. The summed E-state index contributed by atoms with van der Waals surface area (Å²) in [5, 5.41) is 8.18. The van der Waals surface area contributed by atoms with Gasteiger partial charge in [-0.15, -0.1) is 0 Å². The Hall–Kier alpha value is -7.01. The van der Waals surface area contributed by atoms with Gasteiger partial charge in [-0.25, -0.2) is 9.97 Å². The van der Waals surface area contributed by atoms with Gasteiger partial charge < -0.3 is 0 Å². The van der Waals surface area contributed by atoms with E-state index < -0.39 is 5.41 Å². The zero-order valence-corrected chi connectivity index (χ0v) is 31.5. The normalized spacial score (nSPS) is 13.7. The van der Waals surface area contributed by atoms with Crippen molar-refractivity contribution in [1.82, 2.24) is 14.5 Å². The summed E-state index contributed by atoms with van der Waals surface area (Å²) in [5.41, 5.74) is 12.6. The van der Waals surface area contributed by atoms with Crippen LogP contribution in [-0.4, -0.2) is 14.5 Å². The van der Waals surface area contributed by atoms with Crippen molar-refractivity contribution in [3.05, 3.63) is 210 Å². The van der Waals surface area contributed by atoms with Crippen LogP contribution in [-0.2, 0) is 5.41 Å². The molecule has 3 nitrogen and oxygen atoms in total. The van der Waals surface area contributed by atoms with Gasteiger partial charge in [0.15, 0.2) is 0 Å². The van der Waals surface area contributed by atoms with E-state index in [1.54, 1.807) is 0 Å². The highest BCUT2D eigenvalue weighted by molar-refractivity contribution is 7.99. The molecule has 11 aromatic rings. The van der Waals surface area contributed by atoms with Crippen molar-refractivity contribution in [3.63, 3.8) is 0 Å². The Morgan fingerprint density at radius 1 is 0.421 bits per heavy atom. The molecule has 1 aliphatic carbocycles. The molecule has 264 valence electrons. The van der Waals surface area contributed by atoms with Crippen molar-refractivity contribution in [2.75, 3.05) is 0 Å². The fourth-order valence-electron chi connectivity index (χ4n) is 10.1. The minimum Gasteiger partial charge on any atom is -0.277 e. The fourth-order valence-corrected chi connectivity index (χ4v) is 11.3. The second kappa shape index (κ2) is 11.5. The lowest BCUT2D eigenvalue weighted by molar-refractivity contribution is 0.724. The lowest BCUT2D eigenvalue weighted by Gasteiger charge is -2.39. The topological polar surface area (TPSA) is 30.7 Å². The van der Waals surface area contributed by atoms with Gasteiger partial charge in [-0.05, 0) is 79.9 Å². The Morgan fingerprint density at radius 2 is 1.07 bits per heavy atom. The average molecular weight is 742 g/mol. The number of nitrogens with zero attached hydrogens (tertiary/aromatic N) is 3. The molecule has 0 bridgehead atoms. The smallest absolute Gasteiger partial charge is 0.235 e. The molecule has 0 amide bonds. The van der Waals surface area contributed by atoms with E-state index in [0.29, 0.717) is 5.95 Å². The Morgan fingerprint density at radius 3 is 1.89 bits per heavy atom. The third-order valence-corrected chi connectivity index (χ3v) is 13.6. The van der Waals surface area contributed by atoms with E-state index in [1.165, 1.54) is 75.5 Å². The number of benzene rings is 9. The maximum atomic E-state index is 5.55. The first-order chi connectivity index (χ1) is 28.3. The first-order valence-corrected chi connectivity index (χ1v) is 20.3. The van der Waals surface area contributed by atoms with Crippen LogP contribution < -0.4 is 0 Å². The maximum absolute atomic E-state index is 5.55. The van der Waals surface area contributed by atoms with Crippen LogP contribution in [0.3, 0.4) is 0 Å². The molecule has 9 aromatic carbocycles. The van der Waals surface area contributed by atoms with Crippen LogP contribution in [0.5, 0.6) is 0 Å². The Labute approximate surface area is 332 Å². The molecule has 13 rings (SSSR count). The molecule has 57 heavy (non-hydrogen) atoms. The van der Waals surface area contributed by atoms with Crippen molar-refractivity contribution in [2.24, 2.45) is 0 Å². The van der Waals surface area contributed by atoms with E-state index in [9.17, 15) is 0 Å². The minimum absolute atomic E-state index is 0.466. The average Bonchev–Trinajstić information content (AvgIpc) is 3.76. The summed E-state index contributed by atoms with van der Waals surface area (Å²) in [6.07, 6.45) is 0. The predicted octanol–water partition coefficient (Wildman–Crippen LogP) is 13.5. The molecule has 3 heterocycles. The molecule has 1 aliphatic heterocycles. The summed E-state index contributed by atoms with van der Waals surface area (Å²) < 4.78 is 2.34. The molecule has 2 aliphatic rings. The second-order valence-corrected chi connectivity index (χ2v) is 16.4. The van der Waals surface area contributed by atoms with Crippen molar-refractivity contribution in [2.45, 2.75) is 15.2 Å². The van der Waals surface area contributed by atoms with Gasteiger partial charge in [0.2, 0.25) is 5.95 Å². The van der Waals surface area contributed by atoms with Crippen LogP contribution in [0.15, 0.2) is 198 Å². The first kappa shape index (κ1) is 31.2. The molecule has 2 aromatic heterocycles. The van der Waals surface area contributed by atoms with E-state index in [0.717, 1.165) is 33.2 Å². The summed E-state index contributed by atoms with van der Waals surface area (Å²) in [7, 11) is 0. The second-order valence-electron chi connectivity index (χ2n) is 15.3. The van der Waals surface area contributed by atoms with E-state index in [1.807, 2.05) is 11.8 Å². The summed E-state index contributed by atoms with van der Waals surface area (Å²) in [6, 6.07) is 68.9. The van der Waals surface area contributed by atoms with Crippen LogP contribution in [0, 0.1) is 0 Å². The van der Waals surface area contributed by atoms with E-state index >= 15 is 0 Å². The number of hydrogen-bond acceptors (Lipinski definition) is 3. The van der Waals surface area contributed by atoms with Gasteiger partial charge in [-0.1, -0.05) is 169 Å². The van der Waals surface area contributed by atoms with Crippen LogP contribution in [0.4, 0.5) is 0 Å². The Bertz CT molecular complexity index is 3480. The summed E-state index contributed by atoms with van der Waals surface area (Å²) in [6.45, 7) is 0. The molecule has 1 spiro atoms. The molecule has 0 saturated carbocycles. The van der Waals surface area contributed by atoms with Gasteiger partial charge in [0.25, 0.3) is 0 Å². The number of aromatic nitrogens is 3. The third kappa shape index (κ3) is 4.17. The molecule has 0 saturated heterocycles. The number of para-hydroxylation sites is 1. The highest BCUT2D eigenvalue weighted by Gasteiger charge is 2.50. The third-order valence-electron chi connectivity index (χ3n) is 12.4. The monoisotopic (exact) mass is 741 g/mol. The fraction of sp³-hybridized carbons (Fsp3) is 0.0189. The number of hydrogen-bond donors (Lipinski definition) is 0. The van der Waals surface area contributed by atoms with Gasteiger partial charge in [0, 0.05) is 36.9 Å². The number of fused-ring (bicyclic) bond motifs is 16. The predicted molar refractivity (Wildman–Crippen MR) is 236 cm³/mol. The van der Waals surface area contributed by atoms with E-state index in [2.05, 4.69) is 193 Å². The van der Waals surface area contributed by atoms with Crippen LogP contribution in [0.2, 0.25) is 0 Å². The van der Waals surface area contributed by atoms with Gasteiger partial charge in [0.05, 0.1) is 27.7 Å². The highest BCUT2D eigenvalue weighted by Crippen LogP contribution is 2.62. The van der Waals surface area contributed by atoms with Crippen LogP contribution >= 0.6 is 11.8 Å². The Kier molecular flexibility index (Phi) is 6.31. The van der Waals surface area contributed by atoms with Crippen molar-refractivity contribution < 1.29 is 0 Å². The quantitative estimate of drug-likeness (QED) is 0.177. The molecule has 0 atom stereocenters. The highest BCUT2D eigenvalue weighted by atomic mass is 32.2. The summed E-state index contributed by atoms with van der Waals surface area (Å²) in [5.74, 6) is 0.667. The molecule has 4 heteroatoms. The molecular formula is C53H31N3S. The summed E-state index contributed by atoms with van der Waals surface area (Å²) in [4.78, 5) is 13.5. The van der Waals surface area contributed by atoms with Crippen LogP contribution in [0.25, 0.3) is 82.6 Å². The molecule has 0 fully saturated rings. The lowest BCUT2D eigenvalue weighted by atomic mass is 9.67. The van der Waals surface area contributed by atoms with Gasteiger partial charge in [-0.2, -0.15) is 0 Å². The van der Waals surface area contributed by atoms with Crippen LogP contribution in [0.1, 0.15) is 22.3 Å². The lowest BCUT2D eigenvalue weighted by Crippen LogP contribution is -2.32. The minimum atomic E-state index is -0.466. The van der Waals surface area contributed by atoms with Gasteiger partial charge in [-0.3, -0.25) is 4.57 Å². The van der Waals surface area contributed by atoms with E-state index in [-0.39, 0.29) is 0 Å². The largest absolute Gasteiger partial charge is 0.277 e. The first-order valence-electron chi connectivity index (χ1n) is 19.5. The molecular weight excluding hydrogens is 711 g/mol. The Balaban J connectivity index is 1.17. The van der Waals surface area contributed by atoms with E-state index in [4.69, 9.17) is 9.97 Å². The van der Waals surface area contributed by atoms with Gasteiger partial charge in [0.1, 0.15) is 0 Å². The van der Waals surface area contributed by atoms with Crippen molar-refractivity contribution >= 4 is 66.0 Å². The SMILES string of the molecule is c1ccc2c(c1)Sc1cc3c(cc1C21c2ccccc2-c2ccccc21)c1ccc2ccccc2c1n3-c1nc(-c2ccc3ccccc3c2)c2ccccc2n1. The zero-order valence-electron chi connectivity index (χ0n) is 30.6. The van der Waals surface area contributed by atoms with Crippen molar-refractivity contribution in [3.8, 4) is 28.3 Å². The summed E-state index contributed by atoms with van der Waals surface area (Å²) >= 11 is 1.87. The molecule has 0 N–H and O–H groups in total. The zero-order chi connectivity index (χ0) is 37.2.